The van der Waals surface area contributed by atoms with Crippen LogP contribution in [-0.4, -0.2) is 13.1 Å². The van der Waals surface area contributed by atoms with Crippen molar-refractivity contribution in [3.8, 4) is 0 Å². The highest BCUT2D eigenvalue weighted by molar-refractivity contribution is 4.94. The topological polar surface area (TPSA) is 12.0 Å². The number of rotatable bonds is 3. The van der Waals surface area contributed by atoms with Gasteiger partial charge in [-0.2, -0.15) is 0 Å². The molecule has 19 heavy (non-hydrogen) atoms. The zero-order valence-corrected chi connectivity index (χ0v) is 13.8. The summed E-state index contributed by atoms with van der Waals surface area (Å²) < 4.78 is 0. The first-order valence-corrected chi connectivity index (χ1v) is 8.61. The van der Waals surface area contributed by atoms with Gasteiger partial charge in [-0.15, -0.1) is 0 Å². The van der Waals surface area contributed by atoms with E-state index in [1.165, 1.54) is 44.9 Å². The Labute approximate surface area is 120 Å². The quantitative estimate of drug-likeness (QED) is 0.768. The van der Waals surface area contributed by atoms with E-state index in [-0.39, 0.29) is 0 Å². The van der Waals surface area contributed by atoms with Crippen molar-refractivity contribution < 1.29 is 0 Å². The van der Waals surface area contributed by atoms with Gasteiger partial charge in [-0.1, -0.05) is 40.5 Å². The molecule has 112 valence electrons. The van der Waals surface area contributed by atoms with Crippen molar-refractivity contribution in [2.45, 2.75) is 78.7 Å². The minimum atomic E-state index is 0.538. The van der Waals surface area contributed by atoms with Crippen molar-refractivity contribution in [2.75, 3.05) is 7.05 Å². The molecule has 0 heterocycles. The molecule has 1 heteroatoms. The average molecular weight is 265 g/mol. The Morgan fingerprint density at radius 3 is 2.16 bits per heavy atom. The predicted octanol–water partition coefficient (Wildman–Crippen LogP) is 4.86. The molecule has 0 aromatic carbocycles. The molecule has 2 aliphatic carbocycles. The Morgan fingerprint density at radius 1 is 1.00 bits per heavy atom. The lowest BCUT2D eigenvalue weighted by Crippen LogP contribution is -2.49. The maximum atomic E-state index is 3.74. The second kappa shape index (κ2) is 6.16. The van der Waals surface area contributed by atoms with Crippen molar-refractivity contribution >= 4 is 0 Å². The van der Waals surface area contributed by atoms with E-state index >= 15 is 0 Å². The fraction of sp³-hybridized carbons (Fsp3) is 1.00. The Bertz CT molecular complexity index is 273. The highest BCUT2D eigenvalue weighted by Gasteiger charge is 2.41. The summed E-state index contributed by atoms with van der Waals surface area (Å²) in [5.41, 5.74) is 0.538. The zero-order valence-electron chi connectivity index (χ0n) is 13.8. The van der Waals surface area contributed by atoms with Crippen LogP contribution in [0.15, 0.2) is 0 Å². The molecule has 2 rings (SSSR count). The van der Waals surface area contributed by atoms with Gasteiger partial charge in [0.15, 0.2) is 0 Å². The third-order valence-corrected chi connectivity index (χ3v) is 6.08. The van der Waals surface area contributed by atoms with Gasteiger partial charge >= 0.3 is 0 Å². The van der Waals surface area contributed by atoms with Crippen molar-refractivity contribution in [1.82, 2.24) is 5.32 Å². The summed E-state index contributed by atoms with van der Waals surface area (Å²) in [5, 5.41) is 3.74. The molecule has 0 aromatic rings. The van der Waals surface area contributed by atoms with Crippen LogP contribution in [-0.2, 0) is 0 Å². The average Bonchev–Trinajstić information content (AvgIpc) is 2.30. The molecule has 2 fully saturated rings. The molecule has 1 nitrogen and oxygen atoms in total. The fourth-order valence-electron chi connectivity index (χ4n) is 5.25. The number of hydrogen-bond donors (Lipinski definition) is 1. The molecule has 2 saturated carbocycles. The van der Waals surface area contributed by atoms with Crippen LogP contribution < -0.4 is 5.32 Å². The molecule has 0 bridgehead atoms. The minimum absolute atomic E-state index is 0.538. The summed E-state index contributed by atoms with van der Waals surface area (Å²) in [4.78, 5) is 0. The smallest absolute Gasteiger partial charge is 0.0126 e. The first-order valence-electron chi connectivity index (χ1n) is 8.61. The van der Waals surface area contributed by atoms with Crippen molar-refractivity contribution in [2.24, 2.45) is 29.1 Å². The van der Waals surface area contributed by atoms with Crippen molar-refractivity contribution in [3.63, 3.8) is 0 Å². The fourth-order valence-corrected chi connectivity index (χ4v) is 5.25. The van der Waals surface area contributed by atoms with E-state index < -0.39 is 0 Å². The van der Waals surface area contributed by atoms with Crippen LogP contribution in [0.3, 0.4) is 0 Å². The van der Waals surface area contributed by atoms with Crippen molar-refractivity contribution in [1.29, 1.82) is 0 Å². The summed E-state index contributed by atoms with van der Waals surface area (Å²) in [6.45, 7) is 9.94. The third-order valence-electron chi connectivity index (χ3n) is 6.08. The van der Waals surface area contributed by atoms with Crippen LogP contribution in [0.2, 0.25) is 0 Å². The van der Waals surface area contributed by atoms with E-state index in [0.29, 0.717) is 5.41 Å². The van der Waals surface area contributed by atoms with Crippen molar-refractivity contribution in [3.05, 3.63) is 0 Å². The van der Waals surface area contributed by atoms with E-state index in [1.54, 1.807) is 0 Å². The third kappa shape index (κ3) is 3.54. The monoisotopic (exact) mass is 265 g/mol. The first-order chi connectivity index (χ1) is 8.94. The molecular formula is C18H35N. The summed E-state index contributed by atoms with van der Waals surface area (Å²) in [6, 6.07) is 0.750. The predicted molar refractivity (Wildman–Crippen MR) is 84.3 cm³/mol. The van der Waals surface area contributed by atoms with Crippen LogP contribution in [0, 0.1) is 29.1 Å². The van der Waals surface area contributed by atoms with Gasteiger partial charge in [0.1, 0.15) is 0 Å². The maximum absolute atomic E-state index is 3.74. The minimum Gasteiger partial charge on any atom is -0.316 e. The standard InChI is InChI=1S/C18H35N/c1-13-10-14(2)12-15(11-13)17(19-5)16-8-6-7-9-18(16,3)4/h13-17,19H,6-12H2,1-5H3. The second-order valence-electron chi connectivity index (χ2n) is 8.33. The summed E-state index contributed by atoms with van der Waals surface area (Å²) in [5.74, 6) is 3.65. The van der Waals surface area contributed by atoms with Crippen LogP contribution in [0.1, 0.15) is 72.6 Å². The van der Waals surface area contributed by atoms with Crippen LogP contribution >= 0.6 is 0 Å². The van der Waals surface area contributed by atoms with Crippen LogP contribution in [0.4, 0.5) is 0 Å². The molecule has 0 radical (unpaired) electrons. The van der Waals surface area contributed by atoms with E-state index in [2.05, 4.69) is 40.1 Å². The first kappa shape index (κ1) is 15.4. The highest BCUT2D eigenvalue weighted by atomic mass is 14.9. The Balaban J connectivity index is 2.09. The molecule has 0 saturated heterocycles. The van der Waals surface area contributed by atoms with Gasteiger partial charge < -0.3 is 5.32 Å². The highest BCUT2D eigenvalue weighted by Crippen LogP contribution is 2.46. The molecule has 0 spiro atoms. The Morgan fingerprint density at radius 2 is 1.63 bits per heavy atom. The lowest BCUT2D eigenvalue weighted by molar-refractivity contribution is 0.0513. The maximum Gasteiger partial charge on any atom is 0.0126 e. The molecule has 0 aliphatic heterocycles. The largest absolute Gasteiger partial charge is 0.316 e. The van der Waals surface area contributed by atoms with E-state index in [9.17, 15) is 0 Å². The normalized spacial score (nSPS) is 40.9. The van der Waals surface area contributed by atoms with Gasteiger partial charge in [-0.25, -0.2) is 0 Å². The van der Waals surface area contributed by atoms with Gasteiger partial charge in [-0.3, -0.25) is 0 Å². The summed E-state index contributed by atoms with van der Waals surface area (Å²) in [6.07, 6.45) is 10.1. The summed E-state index contributed by atoms with van der Waals surface area (Å²) >= 11 is 0. The van der Waals surface area contributed by atoms with Gasteiger partial charge in [0.2, 0.25) is 0 Å². The van der Waals surface area contributed by atoms with Gasteiger partial charge in [-0.05, 0) is 68.2 Å². The molecule has 0 aromatic heterocycles. The lowest BCUT2D eigenvalue weighted by Gasteiger charge is -2.48. The second-order valence-corrected chi connectivity index (χ2v) is 8.33. The molecule has 4 atom stereocenters. The van der Waals surface area contributed by atoms with Gasteiger partial charge in [0.25, 0.3) is 0 Å². The van der Waals surface area contributed by atoms with E-state index in [0.717, 1.165) is 29.7 Å². The number of hydrogen-bond acceptors (Lipinski definition) is 1. The van der Waals surface area contributed by atoms with E-state index in [4.69, 9.17) is 0 Å². The molecule has 2 aliphatic rings. The molecule has 1 N–H and O–H groups in total. The SMILES string of the molecule is CNC(C1CC(C)CC(C)C1)C1CCCCC1(C)C. The summed E-state index contributed by atoms with van der Waals surface area (Å²) in [7, 11) is 2.21. The Hall–Kier alpha value is -0.0400. The van der Waals surface area contributed by atoms with Crippen LogP contribution in [0.5, 0.6) is 0 Å². The van der Waals surface area contributed by atoms with Crippen LogP contribution in [0.25, 0.3) is 0 Å². The number of nitrogens with one attached hydrogen (secondary N) is 1. The molecule has 0 amide bonds. The lowest BCUT2D eigenvalue weighted by atomic mass is 9.61. The van der Waals surface area contributed by atoms with Gasteiger partial charge in [0, 0.05) is 6.04 Å². The molecule has 4 unspecified atom stereocenters. The van der Waals surface area contributed by atoms with Gasteiger partial charge in [0.05, 0.1) is 0 Å². The Kier molecular flexibility index (Phi) is 4.98. The zero-order chi connectivity index (χ0) is 14.0. The van der Waals surface area contributed by atoms with E-state index in [1.807, 2.05) is 0 Å². The molecular weight excluding hydrogens is 230 g/mol.